The van der Waals surface area contributed by atoms with Crippen LogP contribution in [0.1, 0.15) is 25.7 Å². The van der Waals surface area contributed by atoms with Crippen molar-refractivity contribution in [2.45, 2.75) is 30.6 Å². The number of anilines is 1. The minimum absolute atomic E-state index is 0.0929. The maximum Gasteiger partial charge on any atom is 0.291 e. The molecule has 0 saturated heterocycles. The highest BCUT2D eigenvalue weighted by Crippen LogP contribution is 2.60. The van der Waals surface area contributed by atoms with Crippen molar-refractivity contribution in [1.82, 2.24) is 4.72 Å². The van der Waals surface area contributed by atoms with Crippen LogP contribution in [0.5, 0.6) is 0 Å². The third-order valence-electron chi connectivity index (χ3n) is 4.42. The van der Waals surface area contributed by atoms with E-state index in [1.807, 2.05) is 0 Å². The summed E-state index contributed by atoms with van der Waals surface area (Å²) in [7, 11) is -3.90. The van der Waals surface area contributed by atoms with E-state index in [0.29, 0.717) is 12.5 Å². The van der Waals surface area contributed by atoms with Gasteiger partial charge in [0.15, 0.2) is 4.90 Å². The Morgan fingerprint density at radius 2 is 2.05 bits per heavy atom. The fourth-order valence-electron chi connectivity index (χ4n) is 2.81. The van der Waals surface area contributed by atoms with E-state index in [-0.39, 0.29) is 16.0 Å². The number of rotatable bonds is 6. The van der Waals surface area contributed by atoms with Crippen molar-refractivity contribution in [3.8, 4) is 0 Å². The Balaban J connectivity index is 1.83. The summed E-state index contributed by atoms with van der Waals surface area (Å²) in [5.41, 5.74) is 5.26. The van der Waals surface area contributed by atoms with Gasteiger partial charge in [-0.1, -0.05) is 0 Å². The molecule has 0 radical (unpaired) electrons. The normalized spacial score (nSPS) is 20.2. The number of hydrogen-bond donors (Lipinski definition) is 2. The van der Waals surface area contributed by atoms with Gasteiger partial charge in [-0.15, -0.1) is 0 Å². The molecule has 0 atom stereocenters. The molecule has 8 heteroatoms. The number of nitro groups is 1. The standard InChI is InChI=1S/C13H17N3O4S/c14-10-3-4-12(11(7-10)16(17)18)21(19,20)15-8-13(5-6-13)9-1-2-9/h3-4,7,9,15H,1-2,5-6,8,14H2. The molecule has 2 aliphatic rings. The highest BCUT2D eigenvalue weighted by atomic mass is 32.2. The lowest BCUT2D eigenvalue weighted by Gasteiger charge is -2.15. The number of nitrogens with two attached hydrogens (primary N) is 1. The summed E-state index contributed by atoms with van der Waals surface area (Å²) in [6, 6.07) is 3.62. The van der Waals surface area contributed by atoms with Crippen molar-refractivity contribution in [3.63, 3.8) is 0 Å². The molecule has 2 aliphatic carbocycles. The Bertz CT molecular complexity index is 693. The molecular weight excluding hydrogens is 294 g/mol. The lowest BCUT2D eigenvalue weighted by atomic mass is 10.0. The lowest BCUT2D eigenvalue weighted by molar-refractivity contribution is -0.387. The highest BCUT2D eigenvalue weighted by molar-refractivity contribution is 7.89. The summed E-state index contributed by atoms with van der Waals surface area (Å²) in [4.78, 5) is 9.96. The molecule has 21 heavy (non-hydrogen) atoms. The average molecular weight is 311 g/mol. The van der Waals surface area contributed by atoms with Crippen molar-refractivity contribution in [2.75, 3.05) is 12.3 Å². The molecule has 0 bridgehead atoms. The van der Waals surface area contributed by atoms with Crippen molar-refractivity contribution in [1.29, 1.82) is 0 Å². The number of nitrogens with one attached hydrogen (secondary N) is 1. The van der Waals surface area contributed by atoms with Crippen LogP contribution >= 0.6 is 0 Å². The van der Waals surface area contributed by atoms with Gasteiger partial charge in [0.2, 0.25) is 10.0 Å². The maximum absolute atomic E-state index is 12.3. The molecule has 0 heterocycles. The molecule has 0 unspecified atom stereocenters. The van der Waals surface area contributed by atoms with E-state index in [0.717, 1.165) is 31.7 Å². The second kappa shape index (κ2) is 4.67. The highest BCUT2D eigenvalue weighted by Gasteiger charge is 2.53. The van der Waals surface area contributed by atoms with Gasteiger partial charge in [-0.3, -0.25) is 10.1 Å². The predicted molar refractivity (Wildman–Crippen MR) is 77.1 cm³/mol. The smallest absolute Gasteiger partial charge is 0.291 e. The van der Waals surface area contributed by atoms with Gasteiger partial charge >= 0.3 is 0 Å². The van der Waals surface area contributed by atoms with E-state index in [1.54, 1.807) is 0 Å². The zero-order valence-corrected chi connectivity index (χ0v) is 12.2. The molecule has 3 rings (SSSR count). The first-order valence-electron chi connectivity index (χ1n) is 6.88. The first kappa shape index (κ1) is 14.3. The van der Waals surface area contributed by atoms with Gasteiger partial charge in [-0.2, -0.15) is 0 Å². The van der Waals surface area contributed by atoms with Crippen LogP contribution in [0.3, 0.4) is 0 Å². The zero-order chi connectivity index (χ0) is 15.3. The van der Waals surface area contributed by atoms with E-state index in [9.17, 15) is 18.5 Å². The average Bonchev–Trinajstić information content (AvgIpc) is 3.27. The summed E-state index contributed by atoms with van der Waals surface area (Å²) in [5.74, 6) is 0.613. The Morgan fingerprint density at radius 3 is 2.57 bits per heavy atom. The molecule has 0 amide bonds. The van der Waals surface area contributed by atoms with Crippen LogP contribution < -0.4 is 10.5 Å². The summed E-state index contributed by atoms with van der Waals surface area (Å²) in [6.45, 7) is 0.363. The Hall–Kier alpha value is -1.67. The minimum Gasteiger partial charge on any atom is -0.399 e. The van der Waals surface area contributed by atoms with Crippen LogP contribution in [-0.4, -0.2) is 19.9 Å². The van der Waals surface area contributed by atoms with E-state index in [2.05, 4.69) is 4.72 Å². The van der Waals surface area contributed by atoms with E-state index >= 15 is 0 Å². The van der Waals surface area contributed by atoms with Crippen LogP contribution in [0.4, 0.5) is 11.4 Å². The SMILES string of the molecule is Nc1ccc(S(=O)(=O)NCC2(C3CC3)CC2)c([N+](=O)[O-])c1. The second-order valence-corrected chi connectivity index (χ2v) is 7.68. The van der Waals surface area contributed by atoms with Crippen molar-refractivity contribution in [3.05, 3.63) is 28.3 Å². The number of nitrogen functional groups attached to an aromatic ring is 1. The third kappa shape index (κ3) is 2.73. The largest absolute Gasteiger partial charge is 0.399 e. The van der Waals surface area contributed by atoms with E-state index in [1.165, 1.54) is 12.1 Å². The second-order valence-electron chi connectivity index (χ2n) is 5.95. The Kier molecular flexibility index (Phi) is 3.18. The van der Waals surface area contributed by atoms with Crippen LogP contribution in [0.2, 0.25) is 0 Å². The van der Waals surface area contributed by atoms with E-state index < -0.39 is 20.6 Å². The number of sulfonamides is 1. The molecule has 2 saturated carbocycles. The molecule has 0 spiro atoms. The molecule has 1 aromatic rings. The quantitative estimate of drug-likeness (QED) is 0.471. The zero-order valence-electron chi connectivity index (χ0n) is 11.4. The number of benzene rings is 1. The number of hydrogen-bond acceptors (Lipinski definition) is 5. The van der Waals surface area contributed by atoms with Crippen molar-refractivity contribution in [2.24, 2.45) is 11.3 Å². The van der Waals surface area contributed by atoms with Crippen molar-refractivity contribution >= 4 is 21.4 Å². The predicted octanol–water partition coefficient (Wildman–Crippen LogP) is 1.65. The molecular formula is C13H17N3O4S. The molecule has 3 N–H and O–H groups in total. The minimum atomic E-state index is -3.90. The maximum atomic E-state index is 12.3. The molecule has 0 aliphatic heterocycles. The van der Waals surface area contributed by atoms with Gasteiger partial charge in [0, 0.05) is 18.3 Å². The van der Waals surface area contributed by atoms with Gasteiger partial charge < -0.3 is 5.73 Å². The Morgan fingerprint density at radius 1 is 1.38 bits per heavy atom. The molecule has 114 valence electrons. The molecule has 1 aromatic carbocycles. The third-order valence-corrected chi connectivity index (χ3v) is 5.87. The van der Waals surface area contributed by atoms with Crippen molar-refractivity contribution < 1.29 is 13.3 Å². The van der Waals surface area contributed by atoms with Crippen LogP contribution in [0.25, 0.3) is 0 Å². The van der Waals surface area contributed by atoms with Gasteiger partial charge in [0.1, 0.15) is 0 Å². The Labute approximate surface area is 122 Å². The summed E-state index contributed by atoms with van der Waals surface area (Å²) < 4.78 is 27.2. The summed E-state index contributed by atoms with van der Waals surface area (Å²) in [5, 5.41) is 11.0. The van der Waals surface area contributed by atoms with Crippen LogP contribution in [0.15, 0.2) is 23.1 Å². The van der Waals surface area contributed by atoms with Crippen LogP contribution in [0, 0.1) is 21.4 Å². The van der Waals surface area contributed by atoms with Crippen LogP contribution in [-0.2, 0) is 10.0 Å². The summed E-state index contributed by atoms with van der Waals surface area (Å²) >= 11 is 0. The fourth-order valence-corrected chi connectivity index (χ4v) is 4.10. The summed E-state index contributed by atoms with van der Waals surface area (Å²) in [6.07, 6.45) is 4.38. The van der Waals surface area contributed by atoms with Gasteiger partial charge in [0.05, 0.1) is 4.92 Å². The monoisotopic (exact) mass is 311 g/mol. The molecule has 2 fully saturated rings. The first-order valence-corrected chi connectivity index (χ1v) is 8.36. The van der Waals surface area contributed by atoms with E-state index in [4.69, 9.17) is 5.73 Å². The topological polar surface area (TPSA) is 115 Å². The van der Waals surface area contributed by atoms with Gasteiger partial charge in [0.25, 0.3) is 5.69 Å². The first-order chi connectivity index (χ1) is 9.84. The lowest BCUT2D eigenvalue weighted by Crippen LogP contribution is -2.31. The van der Waals surface area contributed by atoms with Gasteiger partial charge in [-0.05, 0) is 49.1 Å². The van der Waals surface area contributed by atoms with Gasteiger partial charge in [-0.25, -0.2) is 13.1 Å². The molecule has 7 nitrogen and oxygen atoms in total. The molecule has 0 aromatic heterocycles. The number of nitro benzene ring substituents is 1. The fraction of sp³-hybridized carbons (Fsp3) is 0.538. The number of nitrogens with zero attached hydrogens (tertiary/aromatic N) is 1.